The number of pyridine rings is 1. The summed E-state index contributed by atoms with van der Waals surface area (Å²) in [6.45, 7) is 0.347. The predicted molar refractivity (Wildman–Crippen MR) is 75.7 cm³/mol. The molecule has 3 aromatic rings. The standard InChI is InChI=1S/C16H11F3N2O/c17-16(18,19)14-5-4-11(8-20-14)9-21-7-6-12-2-1-3-13(10-22)15(12)21/h1-8,10H,9H2. The number of alkyl halides is 3. The third-order valence-corrected chi connectivity index (χ3v) is 3.41. The first-order chi connectivity index (χ1) is 10.5. The zero-order valence-corrected chi connectivity index (χ0v) is 11.3. The van der Waals surface area contributed by atoms with Crippen molar-refractivity contribution in [3.8, 4) is 0 Å². The molecule has 2 heterocycles. The van der Waals surface area contributed by atoms with Crippen LogP contribution in [0.5, 0.6) is 0 Å². The second-order valence-corrected chi connectivity index (χ2v) is 4.90. The topological polar surface area (TPSA) is 34.9 Å². The van der Waals surface area contributed by atoms with Gasteiger partial charge in [0.25, 0.3) is 0 Å². The minimum atomic E-state index is -4.44. The fourth-order valence-electron chi connectivity index (χ4n) is 2.40. The minimum Gasteiger partial charge on any atom is -0.342 e. The fourth-order valence-corrected chi connectivity index (χ4v) is 2.40. The molecule has 112 valence electrons. The van der Waals surface area contributed by atoms with E-state index in [0.717, 1.165) is 23.3 Å². The van der Waals surface area contributed by atoms with Gasteiger partial charge in [0.15, 0.2) is 6.29 Å². The molecule has 0 radical (unpaired) electrons. The molecule has 0 aliphatic carbocycles. The van der Waals surface area contributed by atoms with Crippen LogP contribution in [0, 0.1) is 0 Å². The Morgan fingerprint density at radius 1 is 1.14 bits per heavy atom. The number of nitrogens with zero attached hydrogens (tertiary/aromatic N) is 2. The molecule has 1 aromatic carbocycles. The van der Waals surface area contributed by atoms with Crippen LogP contribution in [0.25, 0.3) is 10.9 Å². The number of aromatic nitrogens is 2. The molecule has 0 N–H and O–H groups in total. The van der Waals surface area contributed by atoms with Gasteiger partial charge in [0.2, 0.25) is 0 Å². The molecule has 3 nitrogen and oxygen atoms in total. The van der Waals surface area contributed by atoms with Crippen LogP contribution in [-0.2, 0) is 12.7 Å². The summed E-state index contributed by atoms with van der Waals surface area (Å²) in [5.41, 5.74) is 1.02. The normalized spacial score (nSPS) is 11.8. The van der Waals surface area contributed by atoms with Crippen molar-refractivity contribution in [1.82, 2.24) is 9.55 Å². The first-order valence-corrected chi connectivity index (χ1v) is 6.54. The van der Waals surface area contributed by atoms with Crippen molar-refractivity contribution in [2.45, 2.75) is 12.7 Å². The van der Waals surface area contributed by atoms with E-state index in [-0.39, 0.29) is 0 Å². The molecule has 0 aliphatic rings. The van der Waals surface area contributed by atoms with Gasteiger partial charge >= 0.3 is 6.18 Å². The third kappa shape index (κ3) is 2.59. The molecule has 0 spiro atoms. The van der Waals surface area contributed by atoms with E-state index in [9.17, 15) is 18.0 Å². The average molecular weight is 304 g/mol. The maximum absolute atomic E-state index is 12.5. The number of carbonyl (C=O) groups is 1. The molecule has 0 unspecified atom stereocenters. The van der Waals surface area contributed by atoms with Crippen molar-refractivity contribution in [3.05, 3.63) is 65.6 Å². The zero-order chi connectivity index (χ0) is 15.7. The van der Waals surface area contributed by atoms with Gasteiger partial charge in [0.1, 0.15) is 5.69 Å². The number of carbonyl (C=O) groups excluding carboxylic acids is 1. The third-order valence-electron chi connectivity index (χ3n) is 3.41. The summed E-state index contributed by atoms with van der Waals surface area (Å²) in [5.74, 6) is 0. The van der Waals surface area contributed by atoms with Gasteiger partial charge in [-0.25, -0.2) is 0 Å². The number of para-hydroxylation sites is 1. The highest BCUT2D eigenvalue weighted by Gasteiger charge is 2.31. The van der Waals surface area contributed by atoms with Gasteiger partial charge in [0, 0.05) is 29.9 Å². The fraction of sp³-hybridized carbons (Fsp3) is 0.125. The number of halogens is 3. The molecule has 6 heteroatoms. The first-order valence-electron chi connectivity index (χ1n) is 6.54. The molecule has 0 atom stereocenters. The number of benzene rings is 1. The van der Waals surface area contributed by atoms with Crippen molar-refractivity contribution < 1.29 is 18.0 Å². The molecule has 2 aromatic heterocycles. The zero-order valence-electron chi connectivity index (χ0n) is 11.3. The van der Waals surface area contributed by atoms with Crippen LogP contribution >= 0.6 is 0 Å². The van der Waals surface area contributed by atoms with E-state index in [0.29, 0.717) is 17.7 Å². The summed E-state index contributed by atoms with van der Waals surface area (Å²) < 4.78 is 39.3. The number of fused-ring (bicyclic) bond motifs is 1. The minimum absolute atomic E-state index is 0.347. The molecule has 0 aliphatic heterocycles. The van der Waals surface area contributed by atoms with Crippen molar-refractivity contribution in [2.24, 2.45) is 0 Å². The van der Waals surface area contributed by atoms with E-state index in [1.54, 1.807) is 18.3 Å². The monoisotopic (exact) mass is 304 g/mol. The van der Waals surface area contributed by atoms with E-state index >= 15 is 0 Å². The number of aldehydes is 1. The Hall–Kier alpha value is -2.63. The quantitative estimate of drug-likeness (QED) is 0.688. The maximum Gasteiger partial charge on any atom is 0.433 e. The second-order valence-electron chi connectivity index (χ2n) is 4.90. The Morgan fingerprint density at radius 3 is 2.59 bits per heavy atom. The lowest BCUT2D eigenvalue weighted by Crippen LogP contribution is -2.08. The van der Waals surface area contributed by atoms with Gasteiger partial charge in [-0.2, -0.15) is 13.2 Å². The maximum atomic E-state index is 12.5. The summed E-state index contributed by atoms with van der Waals surface area (Å²) in [6, 6.07) is 9.59. The lowest BCUT2D eigenvalue weighted by molar-refractivity contribution is -0.141. The predicted octanol–water partition coefficient (Wildman–Crippen LogP) is 3.92. The highest BCUT2D eigenvalue weighted by molar-refractivity contribution is 5.96. The molecule has 0 bridgehead atoms. The summed E-state index contributed by atoms with van der Waals surface area (Å²) in [4.78, 5) is 14.6. The summed E-state index contributed by atoms with van der Waals surface area (Å²) >= 11 is 0. The van der Waals surface area contributed by atoms with E-state index in [1.807, 2.05) is 16.7 Å². The summed E-state index contributed by atoms with van der Waals surface area (Å²) in [6.07, 6.45) is -0.666. The van der Waals surface area contributed by atoms with Crippen LogP contribution in [-0.4, -0.2) is 15.8 Å². The smallest absolute Gasteiger partial charge is 0.342 e. The molecule has 0 saturated heterocycles. The Bertz CT molecular complexity index is 820. The SMILES string of the molecule is O=Cc1cccc2ccn(Cc3ccc(C(F)(F)F)nc3)c12. The summed E-state index contributed by atoms with van der Waals surface area (Å²) in [5, 5.41) is 0.907. The van der Waals surface area contributed by atoms with Crippen molar-refractivity contribution in [1.29, 1.82) is 0 Å². The molecule has 0 amide bonds. The van der Waals surface area contributed by atoms with Gasteiger partial charge in [0.05, 0.1) is 5.52 Å². The Kier molecular flexibility index (Phi) is 3.44. The largest absolute Gasteiger partial charge is 0.433 e. The van der Waals surface area contributed by atoms with Crippen LogP contribution in [0.15, 0.2) is 48.8 Å². The highest BCUT2D eigenvalue weighted by atomic mass is 19.4. The van der Waals surface area contributed by atoms with Crippen LogP contribution in [0.4, 0.5) is 13.2 Å². The van der Waals surface area contributed by atoms with Crippen LogP contribution in [0.1, 0.15) is 21.6 Å². The molecular weight excluding hydrogens is 293 g/mol. The Labute approximate surface area is 124 Å². The van der Waals surface area contributed by atoms with Crippen LogP contribution in [0.2, 0.25) is 0 Å². The van der Waals surface area contributed by atoms with E-state index in [2.05, 4.69) is 4.98 Å². The number of rotatable bonds is 3. The van der Waals surface area contributed by atoms with Gasteiger partial charge in [-0.1, -0.05) is 18.2 Å². The number of hydrogen-bond donors (Lipinski definition) is 0. The van der Waals surface area contributed by atoms with Crippen molar-refractivity contribution in [2.75, 3.05) is 0 Å². The Morgan fingerprint density at radius 2 is 1.95 bits per heavy atom. The molecule has 3 rings (SSSR count). The van der Waals surface area contributed by atoms with Crippen molar-refractivity contribution in [3.63, 3.8) is 0 Å². The highest BCUT2D eigenvalue weighted by Crippen LogP contribution is 2.27. The van der Waals surface area contributed by atoms with Crippen LogP contribution < -0.4 is 0 Å². The van der Waals surface area contributed by atoms with E-state index in [4.69, 9.17) is 0 Å². The molecule has 22 heavy (non-hydrogen) atoms. The van der Waals surface area contributed by atoms with Gasteiger partial charge in [-0.15, -0.1) is 0 Å². The van der Waals surface area contributed by atoms with Crippen molar-refractivity contribution >= 4 is 17.2 Å². The summed E-state index contributed by atoms with van der Waals surface area (Å²) in [7, 11) is 0. The van der Waals surface area contributed by atoms with Gasteiger partial charge in [-0.05, 0) is 23.8 Å². The average Bonchev–Trinajstić information content (AvgIpc) is 2.90. The lowest BCUT2D eigenvalue weighted by atomic mass is 10.1. The van der Waals surface area contributed by atoms with Crippen LogP contribution in [0.3, 0.4) is 0 Å². The second kappa shape index (κ2) is 5.29. The molecular formula is C16H11F3N2O. The Balaban J connectivity index is 1.95. The first kappa shape index (κ1) is 14.3. The van der Waals surface area contributed by atoms with E-state index < -0.39 is 11.9 Å². The van der Waals surface area contributed by atoms with Gasteiger partial charge in [-0.3, -0.25) is 9.78 Å². The number of hydrogen-bond acceptors (Lipinski definition) is 2. The lowest BCUT2D eigenvalue weighted by Gasteiger charge is -2.09. The molecule has 0 saturated carbocycles. The molecule has 0 fully saturated rings. The van der Waals surface area contributed by atoms with E-state index in [1.165, 1.54) is 12.3 Å². The van der Waals surface area contributed by atoms with Gasteiger partial charge < -0.3 is 4.57 Å².